The maximum atomic E-state index is 12.0. The molecule has 2 aromatic rings. The summed E-state index contributed by atoms with van der Waals surface area (Å²) in [5.74, 6) is -0.442. The maximum absolute atomic E-state index is 12.0. The van der Waals surface area contributed by atoms with E-state index in [4.69, 9.17) is 4.74 Å². The van der Waals surface area contributed by atoms with E-state index < -0.39 is 5.97 Å². The fraction of sp³-hybridized carbons (Fsp3) is 0.438. The molecule has 1 saturated heterocycles. The minimum Gasteiger partial charge on any atom is -0.461 e. The van der Waals surface area contributed by atoms with E-state index in [1.807, 2.05) is 18.2 Å². The zero-order valence-corrected chi connectivity index (χ0v) is 12.7. The predicted molar refractivity (Wildman–Crippen MR) is 82.3 cm³/mol. The Morgan fingerprint density at radius 3 is 2.82 bits per heavy atom. The molecular formula is C16H20N4O2. The largest absolute Gasteiger partial charge is 0.461 e. The number of esters is 1. The number of rotatable bonds is 5. The van der Waals surface area contributed by atoms with Crippen LogP contribution in [0.5, 0.6) is 0 Å². The zero-order chi connectivity index (χ0) is 15.4. The lowest BCUT2D eigenvalue weighted by Gasteiger charge is -2.16. The van der Waals surface area contributed by atoms with E-state index >= 15 is 0 Å². The van der Waals surface area contributed by atoms with Crippen LogP contribution in [0.4, 0.5) is 0 Å². The van der Waals surface area contributed by atoms with Gasteiger partial charge in [-0.25, -0.2) is 4.79 Å². The highest BCUT2D eigenvalue weighted by molar-refractivity contribution is 5.94. The van der Waals surface area contributed by atoms with Gasteiger partial charge in [0.1, 0.15) is 5.69 Å². The lowest BCUT2D eigenvalue weighted by atomic mass is 10.0. The highest BCUT2D eigenvalue weighted by atomic mass is 16.5. The Labute approximate surface area is 129 Å². The van der Waals surface area contributed by atoms with E-state index in [9.17, 15) is 4.79 Å². The van der Waals surface area contributed by atoms with Gasteiger partial charge in [-0.1, -0.05) is 24.3 Å². The Bertz CT molecular complexity index is 647. The molecule has 0 amide bonds. The topological polar surface area (TPSA) is 71.1 Å². The van der Waals surface area contributed by atoms with Crippen LogP contribution >= 0.6 is 0 Å². The number of H-pyrrole nitrogens is 1. The van der Waals surface area contributed by atoms with Crippen molar-refractivity contribution in [3.05, 3.63) is 35.5 Å². The number of aromatic nitrogens is 3. The van der Waals surface area contributed by atoms with Crippen LogP contribution in [0, 0.1) is 0 Å². The van der Waals surface area contributed by atoms with E-state index in [0.717, 1.165) is 30.8 Å². The Hall–Kier alpha value is -2.21. The molecule has 22 heavy (non-hydrogen) atoms. The van der Waals surface area contributed by atoms with Crippen molar-refractivity contribution in [3.63, 3.8) is 0 Å². The summed E-state index contributed by atoms with van der Waals surface area (Å²) in [6.45, 7) is 5.21. The molecule has 0 spiro atoms. The van der Waals surface area contributed by atoms with Gasteiger partial charge >= 0.3 is 5.97 Å². The highest BCUT2D eigenvalue weighted by Gasteiger charge is 2.22. The monoisotopic (exact) mass is 300 g/mol. The number of ether oxygens (including phenoxy) is 1. The van der Waals surface area contributed by atoms with Crippen LogP contribution in [-0.4, -0.2) is 46.0 Å². The minimum atomic E-state index is -0.442. The molecule has 0 aliphatic carbocycles. The molecule has 1 aromatic heterocycles. The first-order valence-corrected chi connectivity index (χ1v) is 7.68. The molecule has 0 bridgehead atoms. The normalized spacial score (nSPS) is 15.1. The Balaban J connectivity index is 1.91. The summed E-state index contributed by atoms with van der Waals surface area (Å²) in [6.07, 6.45) is 2.50. The van der Waals surface area contributed by atoms with Gasteiger partial charge in [-0.15, -0.1) is 5.10 Å². The summed E-state index contributed by atoms with van der Waals surface area (Å²) in [5, 5.41) is 10.7. The molecule has 6 heteroatoms. The van der Waals surface area contributed by atoms with Gasteiger partial charge in [0, 0.05) is 12.1 Å². The van der Waals surface area contributed by atoms with E-state index in [1.54, 1.807) is 6.92 Å². The average molecular weight is 300 g/mol. The van der Waals surface area contributed by atoms with Crippen molar-refractivity contribution < 1.29 is 9.53 Å². The van der Waals surface area contributed by atoms with Gasteiger partial charge in [0.25, 0.3) is 0 Å². The number of hydrogen-bond acceptors (Lipinski definition) is 5. The van der Waals surface area contributed by atoms with Crippen LogP contribution in [0.25, 0.3) is 11.3 Å². The lowest BCUT2D eigenvalue weighted by Crippen LogP contribution is -2.19. The van der Waals surface area contributed by atoms with E-state index in [-0.39, 0.29) is 5.69 Å². The summed E-state index contributed by atoms with van der Waals surface area (Å²) in [4.78, 5) is 14.4. The third-order valence-corrected chi connectivity index (χ3v) is 3.88. The van der Waals surface area contributed by atoms with Crippen LogP contribution in [0.2, 0.25) is 0 Å². The van der Waals surface area contributed by atoms with Crippen molar-refractivity contribution >= 4 is 5.97 Å². The van der Waals surface area contributed by atoms with Crippen LogP contribution in [0.3, 0.4) is 0 Å². The lowest BCUT2D eigenvalue weighted by molar-refractivity contribution is 0.0520. The number of nitrogens with one attached hydrogen (secondary N) is 1. The van der Waals surface area contributed by atoms with E-state index in [1.165, 1.54) is 12.8 Å². The average Bonchev–Trinajstić information content (AvgIpc) is 3.19. The summed E-state index contributed by atoms with van der Waals surface area (Å²) < 4.78 is 5.05. The molecule has 3 rings (SSSR count). The molecule has 1 aliphatic rings. The smallest absolute Gasteiger partial charge is 0.361 e. The number of nitrogens with zero attached hydrogens (tertiary/aromatic N) is 3. The number of aromatic amines is 1. The molecule has 1 fully saturated rings. The van der Waals surface area contributed by atoms with Crippen LogP contribution in [0.15, 0.2) is 24.3 Å². The van der Waals surface area contributed by atoms with Crippen LogP contribution < -0.4 is 0 Å². The van der Waals surface area contributed by atoms with Gasteiger partial charge in [-0.2, -0.15) is 10.3 Å². The first-order chi connectivity index (χ1) is 10.8. The number of hydrogen-bond donors (Lipinski definition) is 1. The molecular weight excluding hydrogens is 280 g/mol. The molecule has 0 radical (unpaired) electrons. The third-order valence-electron chi connectivity index (χ3n) is 3.88. The van der Waals surface area contributed by atoms with Gasteiger partial charge in [0.2, 0.25) is 0 Å². The first kappa shape index (κ1) is 14.7. The molecule has 116 valence electrons. The van der Waals surface area contributed by atoms with Crippen molar-refractivity contribution in [2.24, 2.45) is 0 Å². The molecule has 0 unspecified atom stereocenters. The van der Waals surface area contributed by atoms with Gasteiger partial charge in [0.15, 0.2) is 5.69 Å². The van der Waals surface area contributed by atoms with Crippen molar-refractivity contribution in [2.75, 3.05) is 19.7 Å². The second kappa shape index (κ2) is 6.70. The van der Waals surface area contributed by atoms with Gasteiger partial charge in [-0.05, 0) is 38.4 Å². The fourth-order valence-electron chi connectivity index (χ4n) is 2.83. The number of benzene rings is 1. The summed E-state index contributed by atoms with van der Waals surface area (Å²) in [6, 6.07) is 8.02. The third kappa shape index (κ3) is 3.01. The fourth-order valence-corrected chi connectivity index (χ4v) is 2.83. The Kier molecular flexibility index (Phi) is 4.48. The molecule has 0 saturated carbocycles. The van der Waals surface area contributed by atoms with Gasteiger partial charge in [-0.3, -0.25) is 4.90 Å². The second-order valence-corrected chi connectivity index (χ2v) is 5.38. The van der Waals surface area contributed by atoms with Crippen LogP contribution in [0.1, 0.15) is 35.8 Å². The number of likely N-dealkylation sites (tertiary alicyclic amines) is 1. The van der Waals surface area contributed by atoms with Gasteiger partial charge in [0.05, 0.1) is 6.61 Å². The zero-order valence-electron chi connectivity index (χ0n) is 12.7. The Morgan fingerprint density at radius 1 is 1.27 bits per heavy atom. The second-order valence-electron chi connectivity index (χ2n) is 5.38. The number of carbonyl (C=O) groups excluding carboxylic acids is 1. The summed E-state index contributed by atoms with van der Waals surface area (Å²) in [7, 11) is 0. The van der Waals surface area contributed by atoms with Crippen molar-refractivity contribution in [1.82, 2.24) is 20.3 Å². The van der Waals surface area contributed by atoms with Crippen LogP contribution in [-0.2, 0) is 11.3 Å². The molecule has 6 nitrogen and oxygen atoms in total. The molecule has 1 N–H and O–H groups in total. The quantitative estimate of drug-likeness (QED) is 0.858. The minimum absolute atomic E-state index is 0.246. The van der Waals surface area contributed by atoms with Crippen molar-refractivity contribution in [1.29, 1.82) is 0 Å². The predicted octanol–water partition coefficient (Wildman–Crippen LogP) is 2.24. The van der Waals surface area contributed by atoms with E-state index in [2.05, 4.69) is 26.4 Å². The summed E-state index contributed by atoms with van der Waals surface area (Å²) in [5.41, 5.74) is 2.90. The number of carbonyl (C=O) groups is 1. The molecule has 1 aliphatic heterocycles. The first-order valence-electron chi connectivity index (χ1n) is 7.68. The van der Waals surface area contributed by atoms with E-state index in [0.29, 0.717) is 12.3 Å². The SMILES string of the molecule is CCOC(=O)c1n[nH]nc1-c1ccccc1CN1CCCC1. The standard InChI is InChI=1S/C16H20N4O2/c1-2-22-16(21)15-14(17-19-18-15)13-8-4-3-7-12(13)11-20-9-5-6-10-20/h3-4,7-8H,2,5-6,9-11H2,1H3,(H,17,18,19). The highest BCUT2D eigenvalue weighted by Crippen LogP contribution is 2.26. The van der Waals surface area contributed by atoms with Gasteiger partial charge < -0.3 is 4.74 Å². The summed E-state index contributed by atoms with van der Waals surface area (Å²) >= 11 is 0. The Morgan fingerprint density at radius 2 is 2.05 bits per heavy atom. The van der Waals surface area contributed by atoms with Crippen molar-refractivity contribution in [3.8, 4) is 11.3 Å². The van der Waals surface area contributed by atoms with Crippen molar-refractivity contribution in [2.45, 2.75) is 26.3 Å². The molecule has 0 atom stereocenters. The maximum Gasteiger partial charge on any atom is 0.361 e. The molecule has 2 heterocycles. The molecule has 1 aromatic carbocycles.